The van der Waals surface area contributed by atoms with Crippen molar-refractivity contribution in [3.05, 3.63) is 29.8 Å². The van der Waals surface area contributed by atoms with E-state index in [2.05, 4.69) is 5.32 Å². The Morgan fingerprint density at radius 3 is 2.33 bits per heavy atom. The topological polar surface area (TPSA) is 86.6 Å². The molecule has 0 aliphatic heterocycles. The Labute approximate surface area is 105 Å². The maximum atomic E-state index is 11.5. The molecule has 1 aromatic rings. The molecule has 0 fully saturated rings. The van der Waals surface area contributed by atoms with Crippen LogP contribution in [0.5, 0.6) is 0 Å². The van der Waals surface area contributed by atoms with E-state index in [1.54, 1.807) is 12.1 Å². The minimum atomic E-state index is -0.892. The lowest BCUT2D eigenvalue weighted by Crippen LogP contribution is -2.11. The average Bonchev–Trinajstić information content (AvgIpc) is 2.31. The number of aliphatic hydroxyl groups is 1. The number of nitrogens with one attached hydrogen (secondary N) is 1. The van der Waals surface area contributed by atoms with E-state index in [1.807, 2.05) is 12.1 Å². The summed E-state index contributed by atoms with van der Waals surface area (Å²) in [4.78, 5) is 21.7. The van der Waals surface area contributed by atoms with Crippen LogP contribution in [0.3, 0.4) is 0 Å². The molecule has 3 N–H and O–H groups in total. The summed E-state index contributed by atoms with van der Waals surface area (Å²) < 4.78 is 0. The van der Waals surface area contributed by atoms with Crippen LogP contribution in [-0.2, 0) is 16.0 Å². The van der Waals surface area contributed by atoms with Crippen molar-refractivity contribution in [2.45, 2.75) is 25.7 Å². The minimum absolute atomic E-state index is 0.00284. The molecule has 0 heterocycles. The van der Waals surface area contributed by atoms with Gasteiger partial charge in [-0.05, 0) is 30.5 Å². The highest BCUT2D eigenvalue weighted by Crippen LogP contribution is 2.10. The minimum Gasteiger partial charge on any atom is -0.481 e. The molecule has 0 spiro atoms. The number of hydrogen-bond donors (Lipinski definition) is 3. The molecule has 0 saturated carbocycles. The molecule has 0 unspecified atom stereocenters. The summed E-state index contributed by atoms with van der Waals surface area (Å²) in [5.74, 6) is -1.08. The third-order valence-electron chi connectivity index (χ3n) is 2.43. The number of benzene rings is 1. The van der Waals surface area contributed by atoms with Crippen LogP contribution in [0.25, 0.3) is 0 Å². The highest BCUT2D eigenvalue weighted by molar-refractivity contribution is 5.90. The molecule has 5 nitrogen and oxygen atoms in total. The fourth-order valence-electron chi connectivity index (χ4n) is 1.51. The van der Waals surface area contributed by atoms with Gasteiger partial charge in [0.2, 0.25) is 5.91 Å². The summed E-state index contributed by atoms with van der Waals surface area (Å²) in [5, 5.41) is 19.9. The lowest BCUT2D eigenvalue weighted by atomic mass is 10.1. The van der Waals surface area contributed by atoms with Gasteiger partial charge >= 0.3 is 5.97 Å². The number of hydrogen-bond acceptors (Lipinski definition) is 3. The molecule has 0 aliphatic rings. The maximum Gasteiger partial charge on any atom is 0.303 e. The summed E-state index contributed by atoms with van der Waals surface area (Å²) in [7, 11) is 0. The Bertz CT molecular complexity index is 400. The van der Waals surface area contributed by atoms with E-state index in [4.69, 9.17) is 10.2 Å². The highest BCUT2D eigenvalue weighted by Gasteiger charge is 2.04. The smallest absolute Gasteiger partial charge is 0.303 e. The Morgan fingerprint density at radius 1 is 1.11 bits per heavy atom. The highest BCUT2D eigenvalue weighted by atomic mass is 16.4. The number of aliphatic hydroxyl groups excluding tert-OH is 1. The van der Waals surface area contributed by atoms with Gasteiger partial charge in [-0.3, -0.25) is 9.59 Å². The third kappa shape index (κ3) is 5.45. The van der Waals surface area contributed by atoms with Crippen LogP contribution in [0.4, 0.5) is 5.69 Å². The summed E-state index contributed by atoms with van der Waals surface area (Å²) in [6, 6.07) is 7.20. The first-order valence-corrected chi connectivity index (χ1v) is 5.83. The van der Waals surface area contributed by atoms with Crippen molar-refractivity contribution in [3.63, 3.8) is 0 Å². The van der Waals surface area contributed by atoms with E-state index in [1.165, 1.54) is 0 Å². The molecule has 0 aliphatic carbocycles. The van der Waals surface area contributed by atoms with Crippen LogP contribution in [0.15, 0.2) is 24.3 Å². The fraction of sp³-hybridized carbons (Fsp3) is 0.385. The monoisotopic (exact) mass is 251 g/mol. The van der Waals surface area contributed by atoms with Gasteiger partial charge in [-0.15, -0.1) is 0 Å². The van der Waals surface area contributed by atoms with Crippen molar-refractivity contribution < 1.29 is 19.8 Å². The molecule has 0 aromatic heterocycles. The van der Waals surface area contributed by atoms with Crippen LogP contribution < -0.4 is 5.32 Å². The van der Waals surface area contributed by atoms with Crippen molar-refractivity contribution in [2.24, 2.45) is 0 Å². The average molecular weight is 251 g/mol. The maximum absolute atomic E-state index is 11.5. The van der Waals surface area contributed by atoms with Crippen molar-refractivity contribution in [2.75, 3.05) is 11.9 Å². The zero-order chi connectivity index (χ0) is 13.4. The van der Waals surface area contributed by atoms with Gasteiger partial charge in [-0.1, -0.05) is 12.1 Å². The third-order valence-corrected chi connectivity index (χ3v) is 2.43. The van der Waals surface area contributed by atoms with Gasteiger partial charge in [-0.2, -0.15) is 0 Å². The predicted molar refractivity (Wildman–Crippen MR) is 67.3 cm³/mol. The summed E-state index contributed by atoms with van der Waals surface area (Å²) >= 11 is 0. The molecule has 0 saturated heterocycles. The summed E-state index contributed by atoms with van der Waals surface area (Å²) in [6.07, 6.45) is 1.13. The van der Waals surface area contributed by atoms with Gasteiger partial charge in [-0.25, -0.2) is 0 Å². The van der Waals surface area contributed by atoms with Crippen molar-refractivity contribution in [3.8, 4) is 0 Å². The van der Waals surface area contributed by atoms with E-state index < -0.39 is 5.97 Å². The number of amides is 1. The quantitative estimate of drug-likeness (QED) is 0.684. The standard InChI is InChI=1S/C13H17NO4/c15-9-8-10-4-6-11(7-5-10)14-12(16)2-1-3-13(17)18/h4-7,15H,1-3,8-9H2,(H,14,16)(H,17,18). The van der Waals surface area contributed by atoms with Crippen molar-refractivity contribution >= 4 is 17.6 Å². The van der Waals surface area contributed by atoms with Gasteiger partial charge < -0.3 is 15.5 Å². The summed E-state index contributed by atoms with van der Waals surface area (Å²) in [5.41, 5.74) is 1.68. The first-order valence-electron chi connectivity index (χ1n) is 5.83. The van der Waals surface area contributed by atoms with Gasteiger partial charge in [0, 0.05) is 25.1 Å². The predicted octanol–water partition coefficient (Wildman–Crippen LogP) is 1.41. The lowest BCUT2D eigenvalue weighted by molar-refractivity contribution is -0.137. The van der Waals surface area contributed by atoms with Crippen LogP contribution in [0.2, 0.25) is 0 Å². The lowest BCUT2D eigenvalue weighted by Gasteiger charge is -2.05. The van der Waals surface area contributed by atoms with Gasteiger partial charge in [0.15, 0.2) is 0 Å². The van der Waals surface area contributed by atoms with E-state index in [-0.39, 0.29) is 25.4 Å². The first kappa shape index (κ1) is 14.2. The molecule has 0 radical (unpaired) electrons. The molecular weight excluding hydrogens is 234 g/mol. The number of carboxylic acid groups (broad SMARTS) is 1. The Morgan fingerprint density at radius 2 is 1.78 bits per heavy atom. The second-order valence-corrected chi connectivity index (χ2v) is 3.97. The van der Waals surface area contributed by atoms with Gasteiger partial charge in [0.25, 0.3) is 0 Å². The van der Waals surface area contributed by atoms with Gasteiger partial charge in [0.1, 0.15) is 0 Å². The van der Waals surface area contributed by atoms with Crippen molar-refractivity contribution in [1.29, 1.82) is 0 Å². The zero-order valence-electron chi connectivity index (χ0n) is 10.1. The normalized spacial score (nSPS) is 10.1. The number of anilines is 1. The second kappa shape index (κ2) is 7.45. The molecule has 0 atom stereocenters. The number of carbonyl (C=O) groups excluding carboxylic acids is 1. The molecule has 5 heteroatoms. The molecular formula is C13H17NO4. The number of carboxylic acids is 1. The number of rotatable bonds is 7. The number of carbonyl (C=O) groups is 2. The van der Waals surface area contributed by atoms with Crippen molar-refractivity contribution in [1.82, 2.24) is 0 Å². The Kier molecular flexibility index (Phi) is 5.87. The summed E-state index contributed by atoms with van der Waals surface area (Å²) in [6.45, 7) is 0.0981. The van der Waals surface area contributed by atoms with E-state index in [0.717, 1.165) is 5.56 Å². The van der Waals surface area contributed by atoms with Crippen LogP contribution in [0.1, 0.15) is 24.8 Å². The SMILES string of the molecule is O=C(O)CCCC(=O)Nc1ccc(CCO)cc1. The van der Waals surface area contributed by atoms with Crippen LogP contribution in [-0.4, -0.2) is 28.7 Å². The molecule has 0 bridgehead atoms. The van der Waals surface area contributed by atoms with E-state index >= 15 is 0 Å². The second-order valence-electron chi connectivity index (χ2n) is 3.97. The van der Waals surface area contributed by atoms with Gasteiger partial charge in [0.05, 0.1) is 0 Å². The fourth-order valence-corrected chi connectivity index (χ4v) is 1.51. The van der Waals surface area contributed by atoms with E-state index in [9.17, 15) is 9.59 Å². The molecule has 1 amide bonds. The zero-order valence-corrected chi connectivity index (χ0v) is 10.1. The molecule has 1 aromatic carbocycles. The largest absolute Gasteiger partial charge is 0.481 e. The van der Waals surface area contributed by atoms with Crippen LogP contribution in [0, 0.1) is 0 Å². The first-order chi connectivity index (χ1) is 8.61. The Balaban J connectivity index is 2.37. The molecule has 18 heavy (non-hydrogen) atoms. The number of aliphatic carboxylic acids is 1. The van der Waals surface area contributed by atoms with E-state index in [0.29, 0.717) is 18.5 Å². The van der Waals surface area contributed by atoms with Crippen LogP contribution >= 0.6 is 0 Å². The molecule has 1 rings (SSSR count). The molecule has 98 valence electrons. The Hall–Kier alpha value is -1.88.